The molecule has 2 N–H and O–H groups in total. The summed E-state index contributed by atoms with van der Waals surface area (Å²) >= 11 is 3.77. The van der Waals surface area contributed by atoms with Crippen molar-refractivity contribution in [3.63, 3.8) is 0 Å². The van der Waals surface area contributed by atoms with Crippen molar-refractivity contribution in [2.24, 2.45) is 11.1 Å². The van der Waals surface area contributed by atoms with Gasteiger partial charge in [0.1, 0.15) is 0 Å². The zero-order valence-electron chi connectivity index (χ0n) is 13.7. The lowest BCUT2D eigenvalue weighted by Crippen LogP contribution is -2.26. The number of hydrogen-bond donors (Lipinski definition) is 1. The predicted octanol–water partition coefficient (Wildman–Crippen LogP) is 4.75. The fourth-order valence-electron chi connectivity index (χ4n) is 3.35. The summed E-state index contributed by atoms with van der Waals surface area (Å²) in [7, 11) is 0. The molecule has 1 fully saturated rings. The van der Waals surface area contributed by atoms with Crippen LogP contribution in [-0.2, 0) is 6.42 Å². The van der Waals surface area contributed by atoms with Crippen molar-refractivity contribution >= 4 is 21.6 Å². The molecule has 0 saturated carbocycles. The van der Waals surface area contributed by atoms with Crippen LogP contribution in [0.3, 0.4) is 0 Å². The van der Waals surface area contributed by atoms with Gasteiger partial charge in [-0.2, -0.15) is 0 Å². The van der Waals surface area contributed by atoms with Crippen LogP contribution in [0.5, 0.6) is 0 Å². The first-order chi connectivity index (χ1) is 10.0. The van der Waals surface area contributed by atoms with Crippen LogP contribution >= 0.6 is 15.9 Å². The van der Waals surface area contributed by atoms with Crippen molar-refractivity contribution in [2.75, 3.05) is 18.0 Å². The van der Waals surface area contributed by atoms with E-state index in [1.807, 2.05) is 0 Å². The number of halogens is 1. The Morgan fingerprint density at radius 2 is 2.00 bits per heavy atom. The second kappa shape index (κ2) is 7.15. The molecule has 1 aliphatic rings. The van der Waals surface area contributed by atoms with Gasteiger partial charge in [0.25, 0.3) is 0 Å². The van der Waals surface area contributed by atoms with Gasteiger partial charge in [0.05, 0.1) is 5.69 Å². The summed E-state index contributed by atoms with van der Waals surface area (Å²) in [6, 6.07) is 7.03. The lowest BCUT2D eigenvalue weighted by molar-refractivity contribution is 0.301. The summed E-state index contributed by atoms with van der Waals surface area (Å²) in [5.41, 5.74) is 9.25. The highest BCUT2D eigenvalue weighted by atomic mass is 79.9. The first-order valence-electron chi connectivity index (χ1n) is 8.32. The van der Waals surface area contributed by atoms with Gasteiger partial charge >= 0.3 is 0 Å². The minimum atomic E-state index is 0.266. The maximum absolute atomic E-state index is 6.06. The Labute approximate surface area is 138 Å². The van der Waals surface area contributed by atoms with Crippen LogP contribution in [0.2, 0.25) is 0 Å². The van der Waals surface area contributed by atoms with Gasteiger partial charge in [-0.3, -0.25) is 0 Å². The average molecular weight is 353 g/mol. The van der Waals surface area contributed by atoms with Gasteiger partial charge in [-0.1, -0.05) is 26.8 Å². The molecule has 0 bridgehead atoms. The topological polar surface area (TPSA) is 29.3 Å². The van der Waals surface area contributed by atoms with E-state index in [-0.39, 0.29) is 6.04 Å². The van der Waals surface area contributed by atoms with Crippen molar-refractivity contribution < 1.29 is 0 Å². The van der Waals surface area contributed by atoms with E-state index < -0.39 is 0 Å². The van der Waals surface area contributed by atoms with Crippen LogP contribution in [0, 0.1) is 5.41 Å². The minimum absolute atomic E-state index is 0.266. The van der Waals surface area contributed by atoms with Gasteiger partial charge in [-0.15, -0.1) is 0 Å². The van der Waals surface area contributed by atoms with E-state index in [0.29, 0.717) is 5.41 Å². The second-order valence-electron chi connectivity index (χ2n) is 6.54. The summed E-state index contributed by atoms with van der Waals surface area (Å²) in [5.74, 6) is 0. The Hall–Kier alpha value is -0.540. The SMILES string of the molecule is CCC(N)Cc1ccc(N2CCC(CC)(CC)C2)c(Br)c1. The lowest BCUT2D eigenvalue weighted by atomic mass is 9.82. The maximum Gasteiger partial charge on any atom is 0.0511 e. The molecule has 2 nitrogen and oxygen atoms in total. The van der Waals surface area contributed by atoms with Gasteiger partial charge in [0, 0.05) is 23.6 Å². The Morgan fingerprint density at radius 3 is 2.52 bits per heavy atom. The van der Waals surface area contributed by atoms with Gasteiger partial charge in [-0.05, 0) is 71.1 Å². The molecule has 0 aromatic heterocycles. The van der Waals surface area contributed by atoms with Gasteiger partial charge in [-0.25, -0.2) is 0 Å². The third kappa shape index (κ3) is 3.81. The van der Waals surface area contributed by atoms with Crippen molar-refractivity contribution in [3.05, 3.63) is 28.2 Å². The molecule has 0 amide bonds. The average Bonchev–Trinajstić information content (AvgIpc) is 2.92. The molecule has 1 heterocycles. The van der Waals surface area contributed by atoms with Gasteiger partial charge in [0.15, 0.2) is 0 Å². The van der Waals surface area contributed by atoms with Crippen LogP contribution in [0.25, 0.3) is 0 Å². The highest BCUT2D eigenvalue weighted by Gasteiger charge is 2.35. The zero-order valence-corrected chi connectivity index (χ0v) is 15.2. The molecular formula is C18H29BrN2. The van der Waals surface area contributed by atoms with Crippen LogP contribution in [-0.4, -0.2) is 19.1 Å². The number of nitrogens with two attached hydrogens (primary N) is 1. The van der Waals surface area contributed by atoms with Gasteiger partial charge in [0.2, 0.25) is 0 Å². The largest absolute Gasteiger partial charge is 0.370 e. The molecule has 0 aliphatic carbocycles. The molecule has 1 aliphatic heterocycles. The Kier molecular flexibility index (Phi) is 5.73. The number of hydrogen-bond acceptors (Lipinski definition) is 2. The quantitative estimate of drug-likeness (QED) is 0.800. The van der Waals surface area contributed by atoms with Crippen molar-refractivity contribution in [1.82, 2.24) is 0 Å². The third-order valence-corrected chi connectivity index (χ3v) is 5.95. The Morgan fingerprint density at radius 1 is 1.29 bits per heavy atom. The third-order valence-electron chi connectivity index (χ3n) is 5.31. The highest BCUT2D eigenvalue weighted by Crippen LogP contribution is 2.41. The zero-order chi connectivity index (χ0) is 15.5. The van der Waals surface area contributed by atoms with E-state index in [1.54, 1.807) is 0 Å². The molecule has 1 unspecified atom stereocenters. The summed E-state index contributed by atoms with van der Waals surface area (Å²) in [4.78, 5) is 2.54. The fraction of sp³-hybridized carbons (Fsp3) is 0.667. The van der Waals surface area contributed by atoms with Crippen molar-refractivity contribution in [3.8, 4) is 0 Å². The van der Waals surface area contributed by atoms with E-state index in [9.17, 15) is 0 Å². The van der Waals surface area contributed by atoms with E-state index >= 15 is 0 Å². The van der Waals surface area contributed by atoms with Crippen molar-refractivity contribution in [2.45, 2.75) is 58.9 Å². The molecule has 1 saturated heterocycles. The molecule has 21 heavy (non-hydrogen) atoms. The van der Waals surface area contributed by atoms with Crippen LogP contribution in [0.15, 0.2) is 22.7 Å². The Balaban J connectivity index is 2.11. The van der Waals surface area contributed by atoms with Crippen LogP contribution in [0.4, 0.5) is 5.69 Å². The first kappa shape index (κ1) is 16.8. The number of rotatable bonds is 6. The standard InChI is InChI=1S/C18H29BrN2/c1-4-15(20)11-14-7-8-17(16(19)12-14)21-10-9-18(5-2,6-3)13-21/h7-8,12,15H,4-6,9-11,13,20H2,1-3H3. The first-order valence-corrected chi connectivity index (χ1v) is 9.11. The lowest BCUT2D eigenvalue weighted by Gasteiger charge is -2.28. The normalized spacial score (nSPS) is 19.0. The van der Waals surface area contributed by atoms with Crippen LogP contribution in [0.1, 0.15) is 52.0 Å². The molecule has 118 valence electrons. The molecule has 3 heteroatoms. The summed E-state index contributed by atoms with van der Waals surface area (Å²) < 4.78 is 1.21. The number of nitrogens with zero attached hydrogens (tertiary/aromatic N) is 1. The van der Waals surface area contributed by atoms with Crippen molar-refractivity contribution in [1.29, 1.82) is 0 Å². The highest BCUT2D eigenvalue weighted by molar-refractivity contribution is 9.10. The number of benzene rings is 1. The molecule has 0 radical (unpaired) electrons. The van der Waals surface area contributed by atoms with E-state index in [1.165, 1.54) is 48.1 Å². The summed E-state index contributed by atoms with van der Waals surface area (Å²) in [6.07, 6.45) is 5.86. The molecular weight excluding hydrogens is 324 g/mol. The maximum atomic E-state index is 6.06. The summed E-state index contributed by atoms with van der Waals surface area (Å²) in [6.45, 7) is 9.17. The fourth-order valence-corrected chi connectivity index (χ4v) is 4.03. The van der Waals surface area contributed by atoms with E-state index in [2.05, 4.69) is 59.8 Å². The molecule has 2 rings (SSSR count). The van der Waals surface area contributed by atoms with E-state index in [0.717, 1.165) is 12.8 Å². The second-order valence-corrected chi connectivity index (χ2v) is 7.39. The van der Waals surface area contributed by atoms with Gasteiger partial charge < -0.3 is 10.6 Å². The molecule has 0 spiro atoms. The Bertz CT molecular complexity index is 468. The smallest absolute Gasteiger partial charge is 0.0511 e. The molecule has 1 aromatic carbocycles. The minimum Gasteiger partial charge on any atom is -0.370 e. The predicted molar refractivity (Wildman–Crippen MR) is 96.0 cm³/mol. The van der Waals surface area contributed by atoms with E-state index in [4.69, 9.17) is 5.73 Å². The monoisotopic (exact) mass is 352 g/mol. The van der Waals surface area contributed by atoms with Crippen LogP contribution < -0.4 is 10.6 Å². The summed E-state index contributed by atoms with van der Waals surface area (Å²) in [5, 5.41) is 0. The molecule has 1 atom stereocenters. The number of anilines is 1. The molecule has 1 aromatic rings.